The molecule has 674 valence electrons. The van der Waals surface area contributed by atoms with Gasteiger partial charge < -0.3 is 97.9 Å². The predicted molar refractivity (Wildman–Crippen MR) is 476 cm³/mol. The van der Waals surface area contributed by atoms with E-state index >= 15 is 0 Å². The number of hydrogen-bond donors (Lipinski definition) is 13. The zero-order chi connectivity index (χ0) is 90.7. The molecule has 4 aromatic carbocycles. The third-order valence-electron chi connectivity index (χ3n) is 23.3. The van der Waals surface area contributed by atoms with Gasteiger partial charge in [0.15, 0.2) is 17.1 Å². The van der Waals surface area contributed by atoms with Crippen molar-refractivity contribution in [2.75, 3.05) is 75.3 Å². The minimum absolute atomic E-state index is 0.0207. The number of methoxy groups -OCH3 is 2. The van der Waals surface area contributed by atoms with Gasteiger partial charge in [-0.1, -0.05) is 137 Å². The Labute approximate surface area is 743 Å². The van der Waals surface area contributed by atoms with Crippen LogP contribution in [-0.2, 0) is 97.4 Å². The van der Waals surface area contributed by atoms with Gasteiger partial charge in [-0.25, -0.2) is 9.59 Å². The summed E-state index contributed by atoms with van der Waals surface area (Å²) in [6.07, 6.45) is 6.51. The van der Waals surface area contributed by atoms with E-state index in [0.29, 0.717) is 48.4 Å². The minimum atomic E-state index is -2.29. The number of aliphatic hydroxyl groups excluding tert-OH is 1. The van der Waals surface area contributed by atoms with Crippen molar-refractivity contribution in [3.63, 3.8) is 0 Å². The number of alkyl carbamates (subject to hydrolysis) is 1. The van der Waals surface area contributed by atoms with E-state index in [1.807, 2.05) is 74.7 Å². The first-order chi connectivity index (χ1) is 59.0. The number of nitrogens with one attached hydrogen (secondary N) is 7. The van der Waals surface area contributed by atoms with Gasteiger partial charge in [0, 0.05) is 75.3 Å². The highest BCUT2D eigenvalue weighted by Crippen LogP contribution is 2.65. The van der Waals surface area contributed by atoms with Crippen LogP contribution in [0.15, 0.2) is 121 Å². The number of likely N-dealkylation sites (N-methyl/N-ethyl adjacent to an activating group) is 1. The number of phenols is 1. The van der Waals surface area contributed by atoms with Crippen LogP contribution in [0.4, 0.5) is 10.5 Å². The molecule has 2 bridgehead atoms. The first-order valence-corrected chi connectivity index (χ1v) is 46.6. The summed E-state index contributed by atoms with van der Waals surface area (Å²) in [6.45, 7) is 8.52. The molecule has 3 saturated heterocycles. The number of carbonyl (C=O) groups excluding carboxylic acids is 12. The number of esters is 1. The number of benzene rings is 4. The molecule has 10 amide bonds. The van der Waals surface area contributed by atoms with Gasteiger partial charge in [0.1, 0.15) is 70.6 Å². The number of phenolic OH excluding ortho intramolecular Hbond substituents is 1. The third-order valence-corrected chi connectivity index (χ3v) is 27.4. The number of amides is 10. The van der Waals surface area contributed by atoms with Crippen LogP contribution in [0.5, 0.6) is 11.5 Å². The van der Waals surface area contributed by atoms with Gasteiger partial charge >= 0.3 is 12.1 Å². The summed E-state index contributed by atoms with van der Waals surface area (Å²) in [5.41, 5.74) is 18.2. The van der Waals surface area contributed by atoms with Crippen molar-refractivity contribution < 1.29 is 96.5 Å². The second kappa shape index (κ2) is 44.8. The highest BCUT2D eigenvalue weighted by Gasteiger charge is 2.83. The van der Waals surface area contributed by atoms with E-state index in [9.17, 15) is 72.9 Å². The zero-order valence-corrected chi connectivity index (χ0v) is 75.4. The number of epoxide rings is 1. The molecular weight excluding hydrogens is 1700 g/mol. The summed E-state index contributed by atoms with van der Waals surface area (Å²) in [5, 5.41) is 52.8. The van der Waals surface area contributed by atoms with Crippen molar-refractivity contribution in [1.29, 1.82) is 0 Å². The average Bonchev–Trinajstić information content (AvgIpc) is 1.49. The normalized spacial score (nSPS) is 27.9. The van der Waals surface area contributed by atoms with Gasteiger partial charge in [-0.3, -0.25) is 53.3 Å². The Kier molecular flexibility index (Phi) is 35.6. The number of primary amides is 1. The van der Waals surface area contributed by atoms with Crippen LogP contribution in [0.2, 0.25) is 5.02 Å². The van der Waals surface area contributed by atoms with E-state index in [1.54, 1.807) is 68.8 Å². The lowest BCUT2D eigenvalue weighted by atomic mass is 9.57. The first kappa shape index (κ1) is 98.6. The highest BCUT2D eigenvalue weighted by atomic mass is 35.5. The Morgan fingerprint density at radius 2 is 1.55 bits per heavy atom. The minimum Gasteiger partial charge on any atom is -0.508 e. The number of aromatic hydroxyl groups is 1. The lowest BCUT2D eigenvalue weighted by Crippen LogP contribution is -2.79. The predicted octanol–water partition coefficient (Wildman–Crippen LogP) is 4.65. The summed E-state index contributed by atoms with van der Waals surface area (Å²) in [5.74, 6) is -10.0. The molecule has 0 radical (unpaired) electrons. The number of anilines is 1. The SMILES string of the molecule is COc1cc2cc(c1Cl)N(C)C(=O)C[C@@]1(OC(=O)[C@H](C)N(C)C(=O)CCSC)C3[C@H](OC(=O)N[C@@]3(O)[C@H](OC)/C=C/C=C(\C)C2)[C@@H](C)[C@@H]2O[C@]21C.CSC[C@H](NC(=O)[C@@H]1CSSC[C@H](NC(=O)[C@H](N)Cc2ccccc2)C(=O)C[C@@H](Cc2ccc(O)cc2)C(=O)N[C@H](CC2=CCc3ccccc32)C(=O)N[C@@H](CCCCN)C(=O)N[C@@H]([C@@H](C)O)C(=O)N1)C(N)=O. The molecule has 124 heavy (non-hydrogen) atoms. The number of halogens is 1. The number of nitrogens with two attached hydrogens (primary N) is 3. The maximum atomic E-state index is 14.8. The summed E-state index contributed by atoms with van der Waals surface area (Å²) in [6, 6.07) is 16.1. The summed E-state index contributed by atoms with van der Waals surface area (Å²) < 4.78 is 30.2. The Bertz CT molecular complexity index is 4630. The van der Waals surface area contributed by atoms with E-state index < -0.39 is 185 Å². The molecule has 0 aromatic heterocycles. The molecule has 1 saturated carbocycles. The highest BCUT2D eigenvalue weighted by molar-refractivity contribution is 8.76. The van der Waals surface area contributed by atoms with Crippen molar-refractivity contribution in [3.8, 4) is 11.5 Å². The van der Waals surface area contributed by atoms with Crippen LogP contribution >= 0.6 is 56.7 Å². The van der Waals surface area contributed by atoms with E-state index in [-0.39, 0.29) is 72.6 Å². The topological polar surface area (TPSA) is 484 Å². The fourth-order valence-corrected chi connectivity index (χ4v) is 19.8. The van der Waals surface area contributed by atoms with Crippen molar-refractivity contribution in [2.24, 2.45) is 35.0 Å². The van der Waals surface area contributed by atoms with Gasteiger partial charge in [0.05, 0.1) is 49.4 Å². The molecule has 4 heterocycles. The van der Waals surface area contributed by atoms with Gasteiger partial charge in [0.25, 0.3) is 0 Å². The molecule has 1 unspecified atom stereocenters. The Balaban J connectivity index is 0.000000299. The second-order valence-corrected chi connectivity index (χ2v) is 36.9. The standard InChI is InChI=1S/C51H67N9O10S3.C36H48ClN3O10S/c1-29(61)44-51(70)59-42(50(69)58-41(26-71-2)45(54)64)28-73-72-27-40(57-47(66)37(53)23-30-10-4-3-5-11-30)43(63)25-34(22-31-15-19-35(62)20-16-31)46(65)56-39(24-33-18-17-32-12-6-7-13-36(32)33)49(68)55-38(48(67)60-44)14-8-9-21-52;1-19-11-10-12-25(47-8)36(45)30-29(48-33(44)38-36)20(2)31-34(4,49-31)35(30,50-32(43)21(3)39(5)26(41)13-14-51-9)18-27(42)40(6)23-16-22(15-19)17-24(46-7)28(23)37/h3-7,10-13,15-16,18-20,29,34,37-42,44,61-62H,8-9,14,17,21-28,52-53H2,1-2H3,(H2,54,64)(H,55,68)(H,56,65)(H,57,66)(H,58,69)(H,59,70)(H,60,67);10-12,16-17,20-21,25,29-31,45H,13-15,18H2,1-9H3,(H,38,44)/b;12-10+,19-11+/t29-,34-,37-,38+,39-,40+,41+,42+,44+;20-,21+,25-,29-,30?,31+,34-,35-,36-/m11/s1. The van der Waals surface area contributed by atoms with Crippen molar-refractivity contribution in [2.45, 2.75) is 195 Å². The monoisotopic (exact) mass is 1810 g/mol. The number of nitrogens with zero attached hydrogens (tertiary/aromatic N) is 2. The van der Waals surface area contributed by atoms with Crippen LogP contribution in [0.25, 0.3) is 5.57 Å². The number of ether oxygens (including phenoxy) is 5. The fourth-order valence-electron chi connectivity index (χ4n) is 16.1. The quantitative estimate of drug-likeness (QED) is 0.0176. The number of rotatable bonds is 26. The zero-order valence-electron chi connectivity index (χ0n) is 71.4. The van der Waals surface area contributed by atoms with Gasteiger partial charge in [-0.15, -0.1) is 0 Å². The number of ketones is 1. The van der Waals surface area contributed by atoms with Crippen LogP contribution in [0.1, 0.15) is 107 Å². The number of fused-ring (bicyclic) bond motifs is 5. The number of unbranched alkanes of at least 4 members (excludes halogenated alkanes) is 1. The lowest BCUT2D eigenvalue weighted by Gasteiger charge is -2.58. The molecule has 4 aromatic rings. The fraction of sp³-hybridized carbons (Fsp3) is 0.517. The Hall–Kier alpha value is -9.21. The van der Waals surface area contributed by atoms with Crippen molar-refractivity contribution in [3.05, 3.63) is 154 Å². The molecular formula is C87H115ClN12O20S4. The number of allylic oxidation sites excluding steroid dienone is 4. The van der Waals surface area contributed by atoms with E-state index in [0.717, 1.165) is 55.0 Å². The van der Waals surface area contributed by atoms with Gasteiger partial charge in [-0.2, -0.15) is 23.5 Å². The van der Waals surface area contributed by atoms with Crippen LogP contribution in [0, 0.1) is 17.8 Å². The molecule has 18 atom stereocenters. The largest absolute Gasteiger partial charge is 0.508 e. The van der Waals surface area contributed by atoms with Crippen LogP contribution in [-0.4, -0.2) is 251 Å². The third kappa shape index (κ3) is 24.3. The number of carbonyl (C=O) groups is 12. The number of thioether (sulfide) groups is 2. The molecule has 10 rings (SSSR count). The second-order valence-electron chi connectivity index (χ2n) is 32.1. The smallest absolute Gasteiger partial charge is 0.409 e. The molecule has 37 heteroatoms. The number of hydrogen-bond acceptors (Lipinski definition) is 26. The van der Waals surface area contributed by atoms with Crippen molar-refractivity contribution in [1.82, 2.24) is 42.1 Å². The van der Waals surface area contributed by atoms with E-state index in [4.69, 9.17) is 52.5 Å². The molecule has 16 N–H and O–H groups in total. The molecule has 0 spiro atoms. The summed E-state index contributed by atoms with van der Waals surface area (Å²) in [7, 11) is 8.03. The Morgan fingerprint density at radius 3 is 2.22 bits per heavy atom. The molecule has 4 fully saturated rings. The summed E-state index contributed by atoms with van der Waals surface area (Å²) >= 11 is 9.55. The molecule has 32 nitrogen and oxygen atoms in total. The van der Waals surface area contributed by atoms with Crippen LogP contribution in [0.3, 0.4) is 0 Å². The first-order valence-electron chi connectivity index (χ1n) is 40.9. The lowest BCUT2D eigenvalue weighted by molar-refractivity contribution is -0.265. The molecule has 6 aliphatic rings. The van der Waals surface area contributed by atoms with Gasteiger partial charge in [0.2, 0.25) is 53.2 Å². The maximum absolute atomic E-state index is 14.8. The van der Waals surface area contributed by atoms with Gasteiger partial charge in [-0.05, 0) is 149 Å². The molecule has 2 aliphatic carbocycles. The Morgan fingerprint density at radius 1 is 0.863 bits per heavy atom. The van der Waals surface area contributed by atoms with Crippen LogP contribution < -0.4 is 64.1 Å². The number of aliphatic hydroxyl groups is 2. The number of Topliss-reactive ketones (excluding diaryl/α,β-unsaturated/α-hetero) is 1. The van der Waals surface area contributed by atoms with E-state index in [2.05, 4.69) is 37.2 Å². The average molecular weight is 1810 g/mol. The van der Waals surface area contributed by atoms with Crippen molar-refractivity contribution >= 4 is 139 Å². The maximum Gasteiger partial charge on any atom is 0.409 e. The van der Waals surface area contributed by atoms with E-state index in [1.165, 1.54) is 80.6 Å². The summed E-state index contributed by atoms with van der Waals surface area (Å²) in [4.78, 5) is 171. The molecule has 4 aliphatic heterocycles.